The summed E-state index contributed by atoms with van der Waals surface area (Å²) in [7, 11) is 1.90. The Balaban J connectivity index is 1.74. The van der Waals surface area contributed by atoms with Crippen molar-refractivity contribution >= 4 is 5.91 Å². The Kier molecular flexibility index (Phi) is 3.75. The Labute approximate surface area is 132 Å². The second-order valence-corrected chi connectivity index (χ2v) is 7.39. The minimum absolute atomic E-state index is 0.0623. The zero-order valence-electron chi connectivity index (χ0n) is 13.6. The summed E-state index contributed by atoms with van der Waals surface area (Å²) < 4.78 is 0. The van der Waals surface area contributed by atoms with Gasteiger partial charge in [-0.15, -0.1) is 0 Å². The largest absolute Gasteiger partial charge is 0.343 e. The first-order chi connectivity index (χ1) is 10.4. The van der Waals surface area contributed by atoms with Gasteiger partial charge >= 0.3 is 0 Å². The van der Waals surface area contributed by atoms with Crippen LogP contribution >= 0.6 is 0 Å². The second kappa shape index (κ2) is 5.33. The molecule has 1 aliphatic carbocycles. The van der Waals surface area contributed by atoms with Crippen molar-refractivity contribution in [2.45, 2.75) is 44.3 Å². The molecule has 0 aromatic heterocycles. The van der Waals surface area contributed by atoms with Crippen LogP contribution in [0.2, 0.25) is 0 Å². The third-order valence-corrected chi connectivity index (χ3v) is 5.35. The van der Waals surface area contributed by atoms with Gasteiger partial charge in [0.1, 0.15) is 6.04 Å². The molecule has 3 rings (SSSR count). The molecule has 1 saturated carbocycles. The summed E-state index contributed by atoms with van der Waals surface area (Å²) in [5, 5.41) is 0. The summed E-state index contributed by atoms with van der Waals surface area (Å²) in [5.74, 6) is 0.110. The van der Waals surface area contributed by atoms with Crippen LogP contribution in [0, 0.1) is 5.41 Å². The van der Waals surface area contributed by atoms with Gasteiger partial charge in [0, 0.05) is 25.4 Å². The summed E-state index contributed by atoms with van der Waals surface area (Å²) in [6.45, 7) is 5.31. The first kappa shape index (κ1) is 15.5. The number of benzene rings is 1. The Morgan fingerprint density at radius 1 is 1.32 bits per heavy atom. The molecule has 2 fully saturated rings. The van der Waals surface area contributed by atoms with Crippen LogP contribution in [0.4, 0.5) is 0 Å². The summed E-state index contributed by atoms with van der Waals surface area (Å²) >= 11 is 0. The van der Waals surface area contributed by atoms with Gasteiger partial charge in [-0.3, -0.25) is 4.79 Å². The lowest BCUT2D eigenvalue weighted by Gasteiger charge is -2.29. The SMILES string of the molecule is CN(CC1(c2ccccc2)CC1(C)C)C(=O)C1CC(N)NN1. The van der Waals surface area contributed by atoms with E-state index in [2.05, 4.69) is 49.0 Å². The number of hydrogen-bond donors (Lipinski definition) is 3. The zero-order chi connectivity index (χ0) is 16.0. The van der Waals surface area contributed by atoms with Crippen molar-refractivity contribution in [3.8, 4) is 0 Å². The quantitative estimate of drug-likeness (QED) is 0.775. The number of nitrogens with zero attached hydrogens (tertiary/aromatic N) is 1. The van der Waals surface area contributed by atoms with Crippen molar-refractivity contribution < 1.29 is 4.79 Å². The molecule has 3 atom stereocenters. The molecule has 3 unspecified atom stereocenters. The molecule has 4 N–H and O–H groups in total. The number of hydrazine groups is 1. The van der Waals surface area contributed by atoms with Crippen LogP contribution in [0.15, 0.2) is 30.3 Å². The van der Waals surface area contributed by atoms with Crippen LogP contribution in [-0.4, -0.2) is 36.6 Å². The van der Waals surface area contributed by atoms with Gasteiger partial charge in [0.2, 0.25) is 5.91 Å². The first-order valence-electron chi connectivity index (χ1n) is 7.93. The molecule has 0 radical (unpaired) electrons. The van der Waals surface area contributed by atoms with Crippen molar-refractivity contribution in [2.24, 2.45) is 11.1 Å². The second-order valence-electron chi connectivity index (χ2n) is 7.39. The van der Waals surface area contributed by atoms with Crippen molar-refractivity contribution in [1.29, 1.82) is 0 Å². The topological polar surface area (TPSA) is 70.4 Å². The van der Waals surface area contributed by atoms with E-state index >= 15 is 0 Å². The van der Waals surface area contributed by atoms with Gasteiger partial charge in [0.05, 0.1) is 6.17 Å². The smallest absolute Gasteiger partial charge is 0.240 e. The van der Waals surface area contributed by atoms with Gasteiger partial charge in [-0.1, -0.05) is 44.2 Å². The lowest BCUT2D eigenvalue weighted by Crippen LogP contribution is -2.47. The molecule has 0 bridgehead atoms. The van der Waals surface area contributed by atoms with Crippen LogP contribution in [0.25, 0.3) is 0 Å². The molecule has 1 amide bonds. The Morgan fingerprint density at radius 2 is 1.95 bits per heavy atom. The Morgan fingerprint density at radius 3 is 2.45 bits per heavy atom. The van der Waals surface area contributed by atoms with Crippen LogP contribution in [0.5, 0.6) is 0 Å². The molecule has 5 heteroatoms. The molecule has 22 heavy (non-hydrogen) atoms. The highest BCUT2D eigenvalue weighted by Gasteiger charge is 2.62. The number of nitrogens with one attached hydrogen (secondary N) is 2. The molecule has 5 nitrogen and oxygen atoms in total. The highest BCUT2D eigenvalue weighted by atomic mass is 16.2. The van der Waals surface area contributed by atoms with Crippen molar-refractivity contribution in [3.05, 3.63) is 35.9 Å². The maximum atomic E-state index is 12.6. The first-order valence-corrected chi connectivity index (χ1v) is 7.93. The molecule has 2 aliphatic rings. The number of carbonyl (C=O) groups is 1. The molecule has 1 aromatic rings. The number of carbonyl (C=O) groups excluding carboxylic acids is 1. The third-order valence-electron chi connectivity index (χ3n) is 5.35. The zero-order valence-corrected chi connectivity index (χ0v) is 13.6. The number of amides is 1. The van der Waals surface area contributed by atoms with Gasteiger partial charge in [-0.2, -0.15) is 0 Å². The number of hydrogen-bond acceptors (Lipinski definition) is 4. The Bertz CT molecular complexity index is 559. The predicted molar refractivity (Wildman–Crippen MR) is 86.8 cm³/mol. The van der Waals surface area contributed by atoms with E-state index in [9.17, 15) is 4.79 Å². The van der Waals surface area contributed by atoms with E-state index in [1.54, 1.807) is 0 Å². The molecule has 0 spiro atoms. The minimum Gasteiger partial charge on any atom is -0.343 e. The van der Waals surface area contributed by atoms with E-state index in [4.69, 9.17) is 5.73 Å². The normalized spacial score (nSPS) is 32.7. The van der Waals surface area contributed by atoms with Gasteiger partial charge in [-0.05, 0) is 17.4 Å². The maximum Gasteiger partial charge on any atom is 0.240 e. The maximum absolute atomic E-state index is 12.6. The summed E-state index contributed by atoms with van der Waals surface area (Å²) in [4.78, 5) is 14.5. The van der Waals surface area contributed by atoms with Crippen molar-refractivity contribution in [2.75, 3.05) is 13.6 Å². The van der Waals surface area contributed by atoms with E-state index in [0.717, 1.165) is 13.0 Å². The minimum atomic E-state index is -0.227. The van der Waals surface area contributed by atoms with Gasteiger partial charge < -0.3 is 10.6 Å². The fourth-order valence-electron chi connectivity index (χ4n) is 3.81. The van der Waals surface area contributed by atoms with Crippen LogP contribution in [0.3, 0.4) is 0 Å². The summed E-state index contributed by atoms with van der Waals surface area (Å²) in [6.07, 6.45) is 1.59. The summed E-state index contributed by atoms with van der Waals surface area (Å²) in [5.41, 5.74) is 13.3. The number of rotatable bonds is 4. The van der Waals surface area contributed by atoms with Crippen molar-refractivity contribution in [1.82, 2.24) is 15.8 Å². The average molecular weight is 302 g/mol. The van der Waals surface area contributed by atoms with E-state index in [0.29, 0.717) is 6.42 Å². The lowest BCUT2D eigenvalue weighted by atomic mass is 9.87. The van der Waals surface area contributed by atoms with E-state index in [1.807, 2.05) is 18.0 Å². The summed E-state index contributed by atoms with van der Waals surface area (Å²) in [6, 6.07) is 10.3. The molecular formula is C17H26N4O. The number of nitrogens with two attached hydrogens (primary N) is 1. The molecular weight excluding hydrogens is 276 g/mol. The third kappa shape index (κ3) is 2.53. The van der Waals surface area contributed by atoms with E-state index in [1.165, 1.54) is 5.56 Å². The molecule has 1 aromatic carbocycles. The molecule has 1 aliphatic heterocycles. The van der Waals surface area contributed by atoms with E-state index < -0.39 is 0 Å². The van der Waals surface area contributed by atoms with Crippen LogP contribution in [-0.2, 0) is 10.2 Å². The highest BCUT2D eigenvalue weighted by molar-refractivity contribution is 5.82. The number of likely N-dealkylation sites (N-methyl/N-ethyl adjacent to an activating group) is 1. The Hall–Kier alpha value is -1.43. The van der Waals surface area contributed by atoms with Crippen LogP contribution < -0.4 is 16.6 Å². The monoisotopic (exact) mass is 302 g/mol. The molecule has 1 saturated heterocycles. The van der Waals surface area contributed by atoms with Crippen molar-refractivity contribution in [3.63, 3.8) is 0 Å². The lowest BCUT2D eigenvalue weighted by molar-refractivity contribution is -0.132. The standard InChI is InChI=1S/C17H26N4O/c1-16(2)10-17(16,12-7-5-4-6-8-12)11-21(3)15(22)13-9-14(18)20-19-13/h4-8,13-14,19-20H,9-11,18H2,1-3H3. The van der Waals surface area contributed by atoms with Crippen LogP contribution in [0.1, 0.15) is 32.3 Å². The highest BCUT2D eigenvalue weighted by Crippen LogP contribution is 2.64. The van der Waals surface area contributed by atoms with Gasteiger partial charge in [0.15, 0.2) is 0 Å². The average Bonchev–Trinajstić information content (AvgIpc) is 2.83. The molecule has 1 heterocycles. The van der Waals surface area contributed by atoms with E-state index in [-0.39, 0.29) is 28.9 Å². The van der Waals surface area contributed by atoms with Gasteiger partial charge in [0.25, 0.3) is 0 Å². The fourth-order valence-corrected chi connectivity index (χ4v) is 3.81. The molecule has 120 valence electrons. The fraction of sp³-hybridized carbons (Fsp3) is 0.588. The predicted octanol–water partition coefficient (Wildman–Crippen LogP) is 0.964. The van der Waals surface area contributed by atoms with Gasteiger partial charge in [-0.25, -0.2) is 10.9 Å².